The summed E-state index contributed by atoms with van der Waals surface area (Å²) in [5.74, 6) is 0.243. The zero-order chi connectivity index (χ0) is 21.7. The fourth-order valence-corrected chi connectivity index (χ4v) is 2.72. The van der Waals surface area contributed by atoms with Crippen molar-refractivity contribution in [1.82, 2.24) is 9.55 Å². The van der Waals surface area contributed by atoms with Crippen molar-refractivity contribution in [3.05, 3.63) is 22.7 Å². The van der Waals surface area contributed by atoms with Crippen LogP contribution >= 0.6 is 9.03 Å². The molecule has 10 heteroatoms. The van der Waals surface area contributed by atoms with Crippen molar-refractivity contribution in [3.63, 3.8) is 0 Å². The lowest BCUT2D eigenvalue weighted by Gasteiger charge is -2.17. The van der Waals surface area contributed by atoms with Crippen molar-refractivity contribution in [3.8, 4) is 0 Å². The first-order valence-corrected chi connectivity index (χ1v) is 10.3. The Kier molecular flexibility index (Phi) is 13.7. The lowest BCUT2D eigenvalue weighted by Crippen LogP contribution is -2.29. The van der Waals surface area contributed by atoms with Gasteiger partial charge in [-0.25, -0.2) is 4.79 Å². The second-order valence-corrected chi connectivity index (χ2v) is 6.67. The SMILES string of the molecule is CC.CC1CC(COPO)OC1n1ccc(N)nc1=O.CCC(=O)OC(C)C. The topological polar surface area (TPSA) is 126 Å². The van der Waals surface area contributed by atoms with Crippen LogP contribution in [0.3, 0.4) is 0 Å². The number of anilines is 1. The zero-order valence-corrected chi connectivity index (χ0v) is 18.5. The highest BCUT2D eigenvalue weighted by atomic mass is 31.1. The van der Waals surface area contributed by atoms with Gasteiger partial charge in [-0.2, -0.15) is 4.98 Å². The molecule has 1 fully saturated rings. The van der Waals surface area contributed by atoms with Gasteiger partial charge in [-0.15, -0.1) is 0 Å². The Labute approximate surface area is 168 Å². The monoisotopic (exact) mass is 419 g/mol. The average molecular weight is 419 g/mol. The van der Waals surface area contributed by atoms with Gasteiger partial charge in [0.2, 0.25) is 0 Å². The lowest BCUT2D eigenvalue weighted by molar-refractivity contribution is -0.146. The molecule has 4 atom stereocenters. The van der Waals surface area contributed by atoms with Crippen LogP contribution in [0.2, 0.25) is 0 Å². The predicted molar refractivity (Wildman–Crippen MR) is 110 cm³/mol. The largest absolute Gasteiger partial charge is 0.463 e. The smallest absolute Gasteiger partial charge is 0.351 e. The lowest BCUT2D eigenvalue weighted by atomic mass is 10.1. The maximum absolute atomic E-state index is 11.7. The molecule has 162 valence electrons. The molecule has 0 spiro atoms. The number of hydrogen-bond donors (Lipinski definition) is 2. The van der Waals surface area contributed by atoms with Gasteiger partial charge in [0.05, 0.1) is 18.8 Å². The van der Waals surface area contributed by atoms with Crippen LogP contribution in [0.5, 0.6) is 0 Å². The maximum atomic E-state index is 11.7. The summed E-state index contributed by atoms with van der Waals surface area (Å²) in [5, 5.41) is 0. The van der Waals surface area contributed by atoms with E-state index in [0.717, 1.165) is 6.42 Å². The first kappa shape index (κ1) is 26.5. The summed E-state index contributed by atoms with van der Waals surface area (Å²) in [6.45, 7) is 11.8. The Morgan fingerprint density at radius 1 is 1.50 bits per heavy atom. The quantitative estimate of drug-likeness (QED) is 0.532. The molecule has 0 amide bonds. The molecule has 28 heavy (non-hydrogen) atoms. The maximum Gasteiger partial charge on any atom is 0.351 e. The predicted octanol–water partition coefficient (Wildman–Crippen LogP) is 2.64. The molecular formula is C18H34N3O6P. The van der Waals surface area contributed by atoms with Gasteiger partial charge < -0.3 is 24.6 Å². The van der Waals surface area contributed by atoms with Crippen LogP contribution in [0.15, 0.2) is 17.1 Å². The van der Waals surface area contributed by atoms with Crippen molar-refractivity contribution < 1.29 is 23.7 Å². The number of nitrogens with zero attached hydrogens (tertiary/aromatic N) is 2. The molecule has 2 heterocycles. The van der Waals surface area contributed by atoms with Gasteiger partial charge in [0, 0.05) is 18.5 Å². The van der Waals surface area contributed by atoms with Crippen LogP contribution in [0.1, 0.15) is 60.6 Å². The molecule has 0 aromatic carbocycles. The molecule has 4 unspecified atom stereocenters. The Hall–Kier alpha value is -1.54. The first-order valence-electron chi connectivity index (χ1n) is 9.48. The van der Waals surface area contributed by atoms with Crippen molar-refractivity contribution in [2.45, 2.75) is 72.8 Å². The highest BCUT2D eigenvalue weighted by Crippen LogP contribution is 2.33. The molecule has 1 aliphatic heterocycles. The van der Waals surface area contributed by atoms with E-state index in [1.807, 2.05) is 34.6 Å². The van der Waals surface area contributed by atoms with Crippen LogP contribution in [-0.2, 0) is 18.8 Å². The number of rotatable bonds is 6. The molecule has 0 aliphatic carbocycles. The van der Waals surface area contributed by atoms with Crippen LogP contribution < -0.4 is 11.4 Å². The zero-order valence-electron chi connectivity index (χ0n) is 17.5. The molecule has 2 rings (SSSR count). The number of carbonyl (C=O) groups is 1. The van der Waals surface area contributed by atoms with Crippen molar-refractivity contribution in [2.24, 2.45) is 5.92 Å². The van der Waals surface area contributed by atoms with Crippen LogP contribution in [0, 0.1) is 5.92 Å². The standard InChI is InChI=1S/C10H16N3O4P.C6H12O2.C2H6/c1-6-4-7(5-16-18-15)17-9(6)13-3-2-8(11)12-10(13)14;1-4-6(7)8-5(2)3;1-2/h2-3,6-7,9,15,18H,4-5H2,1H3,(H2,11,12,14);5H,4H2,1-3H3;1-2H3. The van der Waals surface area contributed by atoms with Gasteiger partial charge in [-0.05, 0) is 26.3 Å². The van der Waals surface area contributed by atoms with Gasteiger partial charge in [0.25, 0.3) is 0 Å². The Morgan fingerprint density at radius 2 is 2.14 bits per heavy atom. The molecule has 1 aliphatic rings. The van der Waals surface area contributed by atoms with E-state index >= 15 is 0 Å². The molecule has 3 N–H and O–H groups in total. The second-order valence-electron chi connectivity index (χ2n) is 6.20. The number of hydrogen-bond acceptors (Lipinski definition) is 8. The van der Waals surface area contributed by atoms with Gasteiger partial charge in [-0.1, -0.05) is 27.7 Å². The van der Waals surface area contributed by atoms with E-state index in [2.05, 4.69) is 4.98 Å². The van der Waals surface area contributed by atoms with E-state index in [9.17, 15) is 9.59 Å². The van der Waals surface area contributed by atoms with Crippen molar-refractivity contribution >= 4 is 20.8 Å². The Morgan fingerprint density at radius 3 is 2.61 bits per heavy atom. The van der Waals surface area contributed by atoms with E-state index in [1.165, 1.54) is 4.57 Å². The third-order valence-corrected chi connectivity index (χ3v) is 3.86. The number of nitrogens with two attached hydrogens (primary N) is 1. The molecule has 1 aromatic heterocycles. The van der Waals surface area contributed by atoms with Gasteiger partial charge in [0.15, 0.2) is 9.03 Å². The minimum absolute atomic E-state index is 0.0300. The number of ether oxygens (including phenoxy) is 2. The summed E-state index contributed by atoms with van der Waals surface area (Å²) in [6.07, 6.45) is 2.38. The first-order chi connectivity index (χ1) is 13.3. The van der Waals surface area contributed by atoms with E-state index < -0.39 is 14.7 Å². The van der Waals surface area contributed by atoms with Crippen molar-refractivity contribution in [1.29, 1.82) is 0 Å². The van der Waals surface area contributed by atoms with E-state index in [4.69, 9.17) is 24.6 Å². The third-order valence-electron chi connectivity index (χ3n) is 3.57. The molecule has 0 radical (unpaired) electrons. The summed E-state index contributed by atoms with van der Waals surface area (Å²) in [7, 11) is -0.546. The fourth-order valence-electron chi connectivity index (χ4n) is 2.46. The summed E-state index contributed by atoms with van der Waals surface area (Å²) < 4.78 is 16.9. The van der Waals surface area contributed by atoms with E-state index in [0.29, 0.717) is 13.0 Å². The van der Waals surface area contributed by atoms with E-state index in [1.54, 1.807) is 19.2 Å². The number of esters is 1. The fraction of sp³-hybridized carbons (Fsp3) is 0.722. The summed E-state index contributed by atoms with van der Waals surface area (Å²) >= 11 is 0. The van der Waals surface area contributed by atoms with E-state index in [-0.39, 0.29) is 36.1 Å². The Bertz CT molecular complexity index is 626. The highest BCUT2D eigenvalue weighted by molar-refractivity contribution is 7.24. The third kappa shape index (κ3) is 9.59. The summed E-state index contributed by atoms with van der Waals surface area (Å²) in [5.41, 5.74) is 5.02. The molecule has 0 saturated carbocycles. The molecular weight excluding hydrogens is 385 g/mol. The minimum Gasteiger partial charge on any atom is -0.463 e. The molecule has 0 bridgehead atoms. The summed E-state index contributed by atoms with van der Waals surface area (Å²) in [6, 6.07) is 1.57. The molecule has 1 aromatic rings. The summed E-state index contributed by atoms with van der Waals surface area (Å²) in [4.78, 5) is 34.4. The molecule has 9 nitrogen and oxygen atoms in total. The second kappa shape index (κ2) is 14.5. The normalized spacial score (nSPS) is 21.1. The van der Waals surface area contributed by atoms with Crippen LogP contribution in [-0.4, -0.2) is 39.2 Å². The molecule has 1 saturated heterocycles. The van der Waals surface area contributed by atoms with Crippen molar-refractivity contribution in [2.75, 3.05) is 12.3 Å². The number of aromatic nitrogens is 2. The van der Waals surface area contributed by atoms with Gasteiger partial charge >= 0.3 is 11.7 Å². The van der Waals surface area contributed by atoms with Crippen LogP contribution in [0.4, 0.5) is 5.82 Å². The average Bonchev–Trinajstić information content (AvgIpc) is 3.02. The number of carbonyl (C=O) groups excluding carboxylic acids is 1. The Balaban J connectivity index is 0.000000618. The minimum atomic E-state index is -0.546. The van der Waals surface area contributed by atoms with Gasteiger partial charge in [-0.3, -0.25) is 9.36 Å². The van der Waals surface area contributed by atoms with Crippen LogP contribution in [0.25, 0.3) is 0 Å². The highest BCUT2D eigenvalue weighted by Gasteiger charge is 2.34. The number of nitrogen functional groups attached to an aromatic ring is 1. The van der Waals surface area contributed by atoms with Gasteiger partial charge in [0.1, 0.15) is 12.0 Å².